The van der Waals surface area contributed by atoms with E-state index in [2.05, 4.69) is 15.1 Å². The van der Waals surface area contributed by atoms with Crippen LogP contribution in [0.25, 0.3) is 5.65 Å². The van der Waals surface area contributed by atoms with Crippen molar-refractivity contribution in [2.24, 2.45) is 0 Å². The number of nitrogens with zero attached hydrogens (tertiary/aromatic N) is 3. The van der Waals surface area contributed by atoms with Gasteiger partial charge in [0.15, 0.2) is 0 Å². The Labute approximate surface area is 106 Å². The summed E-state index contributed by atoms with van der Waals surface area (Å²) in [5.74, 6) is -0.0936. The van der Waals surface area contributed by atoms with Crippen molar-refractivity contribution in [2.45, 2.75) is 24.8 Å². The molecular formula is C10H12FN5O3. The number of alkyl halides is 1. The van der Waals surface area contributed by atoms with Gasteiger partial charge >= 0.3 is 0 Å². The summed E-state index contributed by atoms with van der Waals surface area (Å²) < 4.78 is 20.4. The maximum atomic E-state index is 13.9. The number of imidazole rings is 1. The molecule has 0 unspecified atom stereocenters. The number of aliphatic hydroxyl groups excluding tert-OH is 1. The number of rotatable bonds is 2. The maximum Gasteiger partial charge on any atom is 0.295 e. The number of halogens is 1. The topological polar surface area (TPSA) is 119 Å². The Kier molecular flexibility index (Phi) is 2.72. The molecule has 0 aromatic carbocycles. The van der Waals surface area contributed by atoms with Crippen molar-refractivity contribution in [3.8, 4) is 0 Å². The maximum absolute atomic E-state index is 13.9. The Balaban J connectivity index is 2.09. The molecular weight excluding hydrogens is 257 g/mol. The second-order valence-electron chi connectivity index (χ2n) is 4.37. The fourth-order valence-electron chi connectivity index (χ4n) is 2.21. The molecule has 9 heteroatoms. The number of nitrogen functional groups attached to an aromatic ring is 1. The molecule has 19 heavy (non-hydrogen) atoms. The van der Waals surface area contributed by atoms with Crippen molar-refractivity contribution in [1.29, 1.82) is 0 Å². The Bertz CT molecular complexity index is 669. The third kappa shape index (κ3) is 1.87. The van der Waals surface area contributed by atoms with Crippen molar-refractivity contribution in [3.63, 3.8) is 0 Å². The molecule has 1 fully saturated rings. The summed E-state index contributed by atoms with van der Waals surface area (Å²) in [6, 6.07) is 0. The SMILES string of the molecule is Nc1nn2c([C@@H]3O[C@H](CO)C[C@H]3F)cnc2c(=O)[nH]1. The molecule has 3 heterocycles. The molecule has 8 nitrogen and oxygen atoms in total. The van der Waals surface area contributed by atoms with Crippen LogP contribution in [-0.2, 0) is 4.74 Å². The highest BCUT2D eigenvalue weighted by Crippen LogP contribution is 2.34. The summed E-state index contributed by atoms with van der Waals surface area (Å²) in [5.41, 5.74) is 5.26. The van der Waals surface area contributed by atoms with E-state index in [1.807, 2.05) is 0 Å². The average molecular weight is 269 g/mol. The monoisotopic (exact) mass is 269 g/mol. The van der Waals surface area contributed by atoms with Crippen LogP contribution in [0, 0.1) is 0 Å². The first kappa shape index (κ1) is 12.1. The zero-order valence-corrected chi connectivity index (χ0v) is 9.78. The Morgan fingerprint density at radius 1 is 1.68 bits per heavy atom. The minimum absolute atomic E-state index is 0.0208. The van der Waals surface area contributed by atoms with E-state index in [0.717, 1.165) is 0 Å². The minimum Gasteiger partial charge on any atom is -0.394 e. The van der Waals surface area contributed by atoms with Gasteiger partial charge in [-0.3, -0.25) is 9.78 Å². The molecule has 0 saturated carbocycles. The number of hydrogen-bond donors (Lipinski definition) is 3. The van der Waals surface area contributed by atoms with E-state index in [4.69, 9.17) is 15.6 Å². The van der Waals surface area contributed by atoms with Crippen molar-refractivity contribution in [3.05, 3.63) is 22.2 Å². The predicted octanol–water partition coefficient (Wildman–Crippen LogP) is -0.840. The van der Waals surface area contributed by atoms with Gasteiger partial charge in [0.1, 0.15) is 12.3 Å². The third-order valence-electron chi connectivity index (χ3n) is 3.07. The lowest BCUT2D eigenvalue weighted by Gasteiger charge is -2.12. The van der Waals surface area contributed by atoms with Gasteiger partial charge in [0.05, 0.1) is 24.6 Å². The summed E-state index contributed by atoms with van der Waals surface area (Å²) in [4.78, 5) is 17.8. The van der Waals surface area contributed by atoms with Gasteiger partial charge < -0.3 is 15.6 Å². The molecule has 1 aliphatic heterocycles. The van der Waals surface area contributed by atoms with Gasteiger partial charge in [-0.25, -0.2) is 13.9 Å². The Morgan fingerprint density at radius 3 is 3.16 bits per heavy atom. The molecule has 0 aliphatic carbocycles. The standard InChI is InChI=1S/C10H12FN5O3/c11-5-1-4(3-17)19-7(5)6-2-13-8-9(18)14-10(12)15-16(6)8/h2,4-5,7,17H,1,3H2,(H3,12,14,15,18)/t4-,5+,7+/m0/s1. The van der Waals surface area contributed by atoms with Gasteiger partial charge in [0.25, 0.3) is 5.56 Å². The lowest BCUT2D eigenvalue weighted by Crippen LogP contribution is -2.19. The fraction of sp³-hybridized carbons (Fsp3) is 0.500. The van der Waals surface area contributed by atoms with Crippen LogP contribution in [0.5, 0.6) is 0 Å². The second-order valence-corrected chi connectivity index (χ2v) is 4.37. The van der Waals surface area contributed by atoms with E-state index in [-0.39, 0.29) is 24.6 Å². The van der Waals surface area contributed by atoms with Gasteiger partial charge in [-0.05, 0) is 0 Å². The summed E-state index contributed by atoms with van der Waals surface area (Å²) in [6.45, 7) is -0.260. The number of nitrogens with two attached hydrogens (primary N) is 1. The molecule has 2 aromatic rings. The number of aliphatic hydroxyl groups is 1. The van der Waals surface area contributed by atoms with Crippen LogP contribution in [0.2, 0.25) is 0 Å². The molecule has 1 aliphatic rings. The quantitative estimate of drug-likeness (QED) is 0.654. The van der Waals surface area contributed by atoms with Crippen LogP contribution >= 0.6 is 0 Å². The molecule has 3 atom stereocenters. The minimum atomic E-state index is -1.29. The average Bonchev–Trinajstić information content (AvgIpc) is 2.92. The summed E-state index contributed by atoms with van der Waals surface area (Å²) in [6.07, 6.45) is -1.36. The largest absolute Gasteiger partial charge is 0.394 e. The molecule has 1 saturated heterocycles. The third-order valence-corrected chi connectivity index (χ3v) is 3.07. The van der Waals surface area contributed by atoms with Crippen molar-refractivity contribution < 1.29 is 14.2 Å². The highest BCUT2D eigenvalue weighted by Gasteiger charge is 2.38. The smallest absolute Gasteiger partial charge is 0.295 e. The number of fused-ring (bicyclic) bond motifs is 1. The van der Waals surface area contributed by atoms with Gasteiger partial charge in [0.2, 0.25) is 11.6 Å². The van der Waals surface area contributed by atoms with E-state index in [0.29, 0.717) is 5.69 Å². The van der Waals surface area contributed by atoms with Crippen LogP contribution in [0.1, 0.15) is 18.2 Å². The van der Waals surface area contributed by atoms with Crippen molar-refractivity contribution in [2.75, 3.05) is 12.3 Å². The number of H-pyrrole nitrogens is 1. The van der Waals surface area contributed by atoms with Crippen LogP contribution in [0.3, 0.4) is 0 Å². The molecule has 102 valence electrons. The molecule has 4 N–H and O–H groups in total. The van der Waals surface area contributed by atoms with Crippen LogP contribution in [-0.4, -0.2) is 43.6 Å². The highest BCUT2D eigenvalue weighted by atomic mass is 19.1. The molecule has 0 amide bonds. The first-order valence-electron chi connectivity index (χ1n) is 5.74. The summed E-state index contributed by atoms with van der Waals surface area (Å²) >= 11 is 0. The Morgan fingerprint density at radius 2 is 2.47 bits per heavy atom. The normalized spacial score (nSPS) is 27.2. The number of nitrogens with one attached hydrogen (secondary N) is 1. The van der Waals surface area contributed by atoms with Gasteiger partial charge in [-0.1, -0.05) is 0 Å². The fourth-order valence-corrected chi connectivity index (χ4v) is 2.21. The van der Waals surface area contributed by atoms with Crippen molar-refractivity contribution >= 4 is 11.6 Å². The summed E-state index contributed by atoms with van der Waals surface area (Å²) in [5, 5.41) is 12.9. The first-order chi connectivity index (χ1) is 9.10. The summed E-state index contributed by atoms with van der Waals surface area (Å²) in [7, 11) is 0. The van der Waals surface area contributed by atoms with E-state index in [1.165, 1.54) is 10.7 Å². The lowest BCUT2D eigenvalue weighted by molar-refractivity contribution is -0.00203. The lowest BCUT2D eigenvalue weighted by atomic mass is 10.1. The van der Waals surface area contributed by atoms with Crippen LogP contribution in [0.4, 0.5) is 10.3 Å². The zero-order chi connectivity index (χ0) is 13.6. The highest BCUT2D eigenvalue weighted by molar-refractivity contribution is 5.38. The molecule has 2 aromatic heterocycles. The second kappa shape index (κ2) is 4.28. The number of hydrogen-bond acceptors (Lipinski definition) is 6. The van der Waals surface area contributed by atoms with Gasteiger partial charge in [-0.15, -0.1) is 5.10 Å². The predicted molar refractivity (Wildman–Crippen MR) is 62.2 cm³/mol. The van der Waals surface area contributed by atoms with E-state index in [1.54, 1.807) is 0 Å². The van der Waals surface area contributed by atoms with Crippen molar-refractivity contribution in [1.82, 2.24) is 19.6 Å². The number of aromatic nitrogens is 4. The molecule has 3 rings (SSSR count). The molecule has 0 spiro atoms. The van der Waals surface area contributed by atoms with Gasteiger partial charge in [0, 0.05) is 6.42 Å². The Hall–Kier alpha value is -2.00. The number of anilines is 1. The molecule has 0 bridgehead atoms. The number of aromatic amines is 1. The van der Waals surface area contributed by atoms with E-state index < -0.39 is 23.9 Å². The van der Waals surface area contributed by atoms with Crippen LogP contribution in [0.15, 0.2) is 11.0 Å². The number of ether oxygens (including phenoxy) is 1. The molecule has 0 radical (unpaired) electrons. The van der Waals surface area contributed by atoms with E-state index in [9.17, 15) is 9.18 Å². The van der Waals surface area contributed by atoms with Crippen LogP contribution < -0.4 is 11.3 Å². The van der Waals surface area contributed by atoms with Gasteiger partial charge in [-0.2, -0.15) is 0 Å². The zero-order valence-electron chi connectivity index (χ0n) is 9.78. The first-order valence-corrected chi connectivity index (χ1v) is 5.74. The van der Waals surface area contributed by atoms with E-state index >= 15 is 0 Å².